The Morgan fingerprint density at radius 2 is 1.90 bits per heavy atom. The number of aliphatic imine (C=N–C) groups is 1. The first kappa shape index (κ1) is 22.1. The van der Waals surface area contributed by atoms with E-state index < -0.39 is 11.2 Å². The van der Waals surface area contributed by atoms with Crippen molar-refractivity contribution in [2.45, 2.75) is 18.6 Å². The first-order chi connectivity index (χ1) is 14.3. The molecule has 1 heterocycles. The zero-order valence-electron chi connectivity index (χ0n) is 15.8. The number of carboxylic acids is 1. The van der Waals surface area contributed by atoms with E-state index in [0.29, 0.717) is 33.1 Å². The number of nitrogens with zero attached hydrogens (tertiary/aromatic N) is 2. The van der Waals surface area contributed by atoms with Crippen LogP contribution in [0, 0.1) is 0 Å². The van der Waals surface area contributed by atoms with Gasteiger partial charge in [0.15, 0.2) is 5.17 Å². The van der Waals surface area contributed by atoms with Crippen molar-refractivity contribution in [3.05, 3.63) is 58.1 Å². The van der Waals surface area contributed by atoms with Crippen molar-refractivity contribution in [1.29, 1.82) is 0 Å². The van der Waals surface area contributed by atoms with Crippen molar-refractivity contribution in [2.24, 2.45) is 4.99 Å². The number of hydrogen-bond donors (Lipinski definition) is 2. The molecule has 2 aromatic carbocycles. The first-order valence-electron chi connectivity index (χ1n) is 8.93. The molecule has 3 rings (SSSR count). The predicted molar refractivity (Wildman–Crippen MR) is 120 cm³/mol. The van der Waals surface area contributed by atoms with Crippen LogP contribution in [0.15, 0.2) is 47.5 Å². The fourth-order valence-electron chi connectivity index (χ4n) is 2.80. The maximum absolute atomic E-state index is 12.9. The van der Waals surface area contributed by atoms with Crippen LogP contribution < -0.4 is 10.2 Å². The average Bonchev–Trinajstić information content (AvgIpc) is 2.98. The third-order valence-corrected chi connectivity index (χ3v) is 6.05. The SMILES string of the molecule is CCN=C(Nc1ccc(Cl)c(Cl)c1)S[C@@H]1CC(=O)N(c2ccc(C(=O)O)cc2)C1=O. The van der Waals surface area contributed by atoms with Gasteiger partial charge in [0, 0.05) is 18.7 Å². The Morgan fingerprint density at radius 1 is 1.20 bits per heavy atom. The number of hydrogen-bond acceptors (Lipinski definition) is 5. The maximum Gasteiger partial charge on any atom is 0.335 e. The van der Waals surface area contributed by atoms with Gasteiger partial charge in [0.2, 0.25) is 11.8 Å². The molecule has 1 saturated heterocycles. The van der Waals surface area contributed by atoms with Gasteiger partial charge in [0.25, 0.3) is 0 Å². The molecule has 0 unspecified atom stereocenters. The number of carboxylic acid groups (broad SMARTS) is 1. The van der Waals surface area contributed by atoms with Crippen molar-refractivity contribution in [2.75, 3.05) is 16.8 Å². The molecular formula is C20H17Cl2N3O4S. The molecule has 7 nitrogen and oxygen atoms in total. The van der Waals surface area contributed by atoms with Crippen molar-refractivity contribution < 1.29 is 19.5 Å². The number of thioether (sulfide) groups is 1. The molecule has 1 aliphatic heterocycles. The highest BCUT2D eigenvalue weighted by atomic mass is 35.5. The molecule has 1 fully saturated rings. The second-order valence-corrected chi connectivity index (χ2v) is 8.27. The van der Waals surface area contributed by atoms with E-state index in [4.69, 9.17) is 28.3 Å². The maximum atomic E-state index is 12.9. The summed E-state index contributed by atoms with van der Waals surface area (Å²) in [5.41, 5.74) is 1.07. The summed E-state index contributed by atoms with van der Waals surface area (Å²) < 4.78 is 0. The molecule has 2 amide bonds. The highest BCUT2D eigenvalue weighted by molar-refractivity contribution is 8.15. The quantitative estimate of drug-likeness (QED) is 0.381. The lowest BCUT2D eigenvalue weighted by atomic mass is 10.2. The minimum Gasteiger partial charge on any atom is -0.478 e. The monoisotopic (exact) mass is 465 g/mol. The number of anilines is 2. The summed E-state index contributed by atoms with van der Waals surface area (Å²) in [6.45, 7) is 2.33. The number of aromatic carboxylic acids is 1. The van der Waals surface area contributed by atoms with Gasteiger partial charge >= 0.3 is 5.97 Å². The third-order valence-electron chi connectivity index (χ3n) is 4.20. The topological polar surface area (TPSA) is 99.1 Å². The van der Waals surface area contributed by atoms with Gasteiger partial charge in [0.1, 0.15) is 5.25 Å². The predicted octanol–water partition coefficient (Wildman–Crippen LogP) is 4.54. The van der Waals surface area contributed by atoms with Gasteiger partial charge in [-0.15, -0.1) is 0 Å². The van der Waals surface area contributed by atoms with Crippen LogP contribution in [0.4, 0.5) is 11.4 Å². The second-order valence-electron chi connectivity index (χ2n) is 6.26. The molecule has 10 heteroatoms. The number of amidine groups is 1. The standard InChI is InChI=1S/C20H17Cl2N3O4S/c1-2-23-20(24-12-5-8-14(21)15(22)9-12)30-16-10-17(26)25(18(16)27)13-6-3-11(4-7-13)19(28)29/h3-9,16H,2,10H2,1H3,(H,23,24)(H,28,29)/t16-/m1/s1. The minimum atomic E-state index is -1.08. The van der Waals surface area contributed by atoms with Crippen molar-refractivity contribution in [3.63, 3.8) is 0 Å². The Balaban J connectivity index is 1.75. The van der Waals surface area contributed by atoms with Crippen molar-refractivity contribution in [3.8, 4) is 0 Å². The van der Waals surface area contributed by atoms with Crippen LogP contribution in [0.3, 0.4) is 0 Å². The molecule has 0 aliphatic carbocycles. The molecule has 156 valence electrons. The Labute approximate surface area is 187 Å². The number of benzene rings is 2. The van der Waals surface area contributed by atoms with Crippen LogP contribution in [-0.4, -0.2) is 39.9 Å². The summed E-state index contributed by atoms with van der Waals surface area (Å²) in [4.78, 5) is 41.8. The van der Waals surface area contributed by atoms with E-state index in [-0.39, 0.29) is 23.8 Å². The molecule has 0 aromatic heterocycles. The van der Waals surface area contributed by atoms with E-state index in [1.807, 2.05) is 6.92 Å². The van der Waals surface area contributed by atoms with Gasteiger partial charge in [0.05, 0.1) is 21.3 Å². The lowest BCUT2D eigenvalue weighted by molar-refractivity contribution is -0.121. The molecule has 1 atom stereocenters. The van der Waals surface area contributed by atoms with Crippen LogP contribution in [-0.2, 0) is 9.59 Å². The van der Waals surface area contributed by atoms with E-state index >= 15 is 0 Å². The molecule has 0 radical (unpaired) electrons. The van der Waals surface area contributed by atoms with Crippen LogP contribution in [0.2, 0.25) is 10.0 Å². The number of carbonyl (C=O) groups excluding carboxylic acids is 2. The number of nitrogens with one attached hydrogen (secondary N) is 1. The summed E-state index contributed by atoms with van der Waals surface area (Å²) >= 11 is 13.1. The van der Waals surface area contributed by atoms with Crippen molar-refractivity contribution in [1.82, 2.24) is 0 Å². The number of rotatable bonds is 5. The molecule has 1 aliphatic rings. The summed E-state index contributed by atoms with van der Waals surface area (Å²) in [6.07, 6.45) is 0.00989. The normalized spacial score (nSPS) is 16.8. The van der Waals surface area contributed by atoms with Crippen LogP contribution in [0.25, 0.3) is 0 Å². The molecule has 2 N–H and O–H groups in total. The van der Waals surface area contributed by atoms with Gasteiger partial charge in [-0.2, -0.15) is 0 Å². The second kappa shape index (κ2) is 9.51. The van der Waals surface area contributed by atoms with Crippen molar-refractivity contribution >= 4 is 69.3 Å². The third kappa shape index (κ3) is 4.95. The van der Waals surface area contributed by atoms with Gasteiger partial charge in [-0.25, -0.2) is 9.69 Å². The van der Waals surface area contributed by atoms with Gasteiger partial charge in [-0.3, -0.25) is 14.6 Å². The largest absolute Gasteiger partial charge is 0.478 e. The molecule has 0 spiro atoms. The number of carbonyl (C=O) groups is 3. The Morgan fingerprint density at radius 3 is 2.50 bits per heavy atom. The molecule has 30 heavy (non-hydrogen) atoms. The van der Waals surface area contributed by atoms with Gasteiger partial charge < -0.3 is 10.4 Å². The average molecular weight is 466 g/mol. The van der Waals surface area contributed by atoms with E-state index in [9.17, 15) is 14.4 Å². The number of imide groups is 1. The first-order valence-corrected chi connectivity index (χ1v) is 10.6. The zero-order chi connectivity index (χ0) is 21.8. The highest BCUT2D eigenvalue weighted by Crippen LogP contribution is 2.32. The van der Waals surface area contributed by atoms with Crippen LogP contribution in [0.1, 0.15) is 23.7 Å². The van der Waals surface area contributed by atoms with Gasteiger partial charge in [-0.05, 0) is 49.4 Å². The highest BCUT2D eigenvalue weighted by Gasteiger charge is 2.40. The minimum absolute atomic E-state index is 0.00989. The Bertz CT molecular complexity index is 1030. The van der Waals surface area contributed by atoms with E-state index in [1.165, 1.54) is 24.3 Å². The fraction of sp³-hybridized carbons (Fsp3) is 0.200. The molecule has 2 aromatic rings. The lowest BCUT2D eigenvalue weighted by Crippen LogP contribution is -2.31. The summed E-state index contributed by atoms with van der Waals surface area (Å²) in [5.74, 6) is -1.82. The smallest absolute Gasteiger partial charge is 0.335 e. The Kier molecular flexibility index (Phi) is 7.02. The van der Waals surface area contributed by atoms with Crippen LogP contribution in [0.5, 0.6) is 0 Å². The van der Waals surface area contributed by atoms with E-state index in [0.717, 1.165) is 16.7 Å². The number of amides is 2. The zero-order valence-corrected chi connectivity index (χ0v) is 18.1. The van der Waals surface area contributed by atoms with Crippen LogP contribution >= 0.6 is 35.0 Å². The number of halogens is 2. The summed E-state index contributed by atoms with van der Waals surface area (Å²) in [7, 11) is 0. The molecule has 0 bridgehead atoms. The van der Waals surface area contributed by atoms with E-state index in [1.54, 1.807) is 18.2 Å². The van der Waals surface area contributed by atoms with Gasteiger partial charge in [-0.1, -0.05) is 35.0 Å². The summed E-state index contributed by atoms with van der Waals surface area (Å²) in [5, 5.41) is 12.7. The van der Waals surface area contributed by atoms with E-state index in [2.05, 4.69) is 10.3 Å². The molecular weight excluding hydrogens is 449 g/mol. The summed E-state index contributed by atoms with van der Waals surface area (Å²) in [6, 6.07) is 10.6. The molecule has 0 saturated carbocycles. The Hall–Kier alpha value is -2.55. The lowest BCUT2D eigenvalue weighted by Gasteiger charge is -2.16. The fourth-order valence-corrected chi connectivity index (χ4v) is 4.18.